The summed E-state index contributed by atoms with van der Waals surface area (Å²) in [5.74, 6) is -1.04. The summed E-state index contributed by atoms with van der Waals surface area (Å²) in [5.41, 5.74) is 1.47. The Bertz CT molecular complexity index is 1140. The fourth-order valence-electron chi connectivity index (χ4n) is 4.10. The number of amides is 1. The molecule has 0 radical (unpaired) electrons. The van der Waals surface area contributed by atoms with E-state index >= 15 is 0 Å². The van der Waals surface area contributed by atoms with Gasteiger partial charge in [-0.15, -0.1) is 0 Å². The largest absolute Gasteiger partial charge is 0.502 e. The molecule has 0 aliphatic carbocycles. The van der Waals surface area contributed by atoms with E-state index in [1.165, 1.54) is 4.68 Å². The fourth-order valence-corrected chi connectivity index (χ4v) is 4.66. The van der Waals surface area contributed by atoms with E-state index in [0.29, 0.717) is 6.54 Å². The van der Waals surface area contributed by atoms with Gasteiger partial charge in [0, 0.05) is 22.1 Å². The molecule has 0 saturated heterocycles. The normalized spacial score (nSPS) is 17.1. The highest BCUT2D eigenvalue weighted by Crippen LogP contribution is 2.40. The molecule has 1 amide bonds. The van der Waals surface area contributed by atoms with Crippen molar-refractivity contribution in [3.05, 3.63) is 91.4 Å². The summed E-state index contributed by atoms with van der Waals surface area (Å²) in [5, 5.41) is 14.8. The monoisotopic (exact) mass is 515 g/mol. The van der Waals surface area contributed by atoms with Crippen LogP contribution in [0.4, 0.5) is 0 Å². The summed E-state index contributed by atoms with van der Waals surface area (Å²) >= 11 is 2.29. The zero-order valence-corrected chi connectivity index (χ0v) is 18.9. The van der Waals surface area contributed by atoms with Crippen LogP contribution in [0.15, 0.2) is 65.6 Å². The molecule has 1 aromatic heterocycles. The Hall–Kier alpha value is -2.68. The molecule has 2 heterocycles. The molecular formula is C23H22IN3O3. The number of carbonyl (C=O) groups excluding carboxylic acids is 1. The van der Waals surface area contributed by atoms with E-state index in [1.54, 1.807) is 4.90 Å². The third kappa shape index (κ3) is 3.62. The molecule has 0 bridgehead atoms. The number of halogens is 1. The van der Waals surface area contributed by atoms with E-state index in [2.05, 4.69) is 52.0 Å². The third-order valence-corrected chi connectivity index (χ3v) is 6.19. The summed E-state index contributed by atoms with van der Waals surface area (Å²) in [4.78, 5) is 26.9. The van der Waals surface area contributed by atoms with Crippen molar-refractivity contribution in [2.24, 2.45) is 0 Å². The Morgan fingerprint density at radius 1 is 1.07 bits per heavy atom. The van der Waals surface area contributed by atoms with Gasteiger partial charge in [0.05, 0.1) is 12.2 Å². The van der Waals surface area contributed by atoms with Crippen molar-refractivity contribution >= 4 is 28.5 Å². The smallest absolute Gasteiger partial charge is 0.276 e. The van der Waals surface area contributed by atoms with Crippen LogP contribution in [0.3, 0.4) is 0 Å². The predicted molar refractivity (Wildman–Crippen MR) is 123 cm³/mol. The first-order valence-corrected chi connectivity index (χ1v) is 10.9. The molecular weight excluding hydrogens is 493 g/mol. The lowest BCUT2D eigenvalue weighted by Crippen LogP contribution is -2.49. The molecule has 2 atom stereocenters. The fraction of sp³-hybridized carbons (Fsp3) is 0.261. The number of rotatable bonds is 4. The number of hydrogen-bond acceptors (Lipinski definition) is 4. The summed E-state index contributed by atoms with van der Waals surface area (Å²) in [6.07, 6.45) is 1.08. The van der Waals surface area contributed by atoms with Gasteiger partial charge < -0.3 is 10.0 Å². The number of hydrogen-bond donors (Lipinski definition) is 1. The summed E-state index contributed by atoms with van der Waals surface area (Å²) < 4.78 is 2.64. The maximum Gasteiger partial charge on any atom is 0.276 e. The van der Waals surface area contributed by atoms with Crippen molar-refractivity contribution < 1.29 is 9.90 Å². The van der Waals surface area contributed by atoms with E-state index in [4.69, 9.17) is 0 Å². The van der Waals surface area contributed by atoms with E-state index < -0.39 is 11.2 Å². The highest BCUT2D eigenvalue weighted by Gasteiger charge is 2.40. The van der Waals surface area contributed by atoms with Crippen LogP contribution < -0.4 is 5.43 Å². The van der Waals surface area contributed by atoms with Crippen LogP contribution in [0, 0.1) is 3.57 Å². The standard InChI is InChI=1S/C23H22IN3O3/c1-14(2)26-13-18(27-21(23(26)30)22(29)19(28)12-25-27)20(15-7-4-3-5-8-15)16-9-6-10-17(24)11-16/h3-12,14,18,20,29H,13H2,1-2H3. The summed E-state index contributed by atoms with van der Waals surface area (Å²) in [6.45, 7) is 4.28. The Morgan fingerprint density at radius 3 is 2.43 bits per heavy atom. The Morgan fingerprint density at radius 2 is 1.77 bits per heavy atom. The Kier molecular flexibility index (Phi) is 5.64. The van der Waals surface area contributed by atoms with Gasteiger partial charge in [0.2, 0.25) is 5.43 Å². The van der Waals surface area contributed by atoms with Crippen molar-refractivity contribution in [2.45, 2.75) is 31.8 Å². The van der Waals surface area contributed by atoms with E-state index in [1.807, 2.05) is 44.2 Å². The number of aromatic nitrogens is 2. The van der Waals surface area contributed by atoms with Crippen molar-refractivity contribution in [3.8, 4) is 5.75 Å². The number of carbonyl (C=O) groups is 1. The molecule has 3 aromatic rings. The molecule has 154 valence electrons. The third-order valence-electron chi connectivity index (χ3n) is 5.52. The van der Waals surface area contributed by atoms with Crippen molar-refractivity contribution in [1.29, 1.82) is 0 Å². The van der Waals surface area contributed by atoms with Gasteiger partial charge in [0.25, 0.3) is 5.91 Å². The molecule has 2 unspecified atom stereocenters. The molecule has 0 spiro atoms. The minimum Gasteiger partial charge on any atom is -0.502 e. The van der Waals surface area contributed by atoms with E-state index in [9.17, 15) is 14.7 Å². The second-order valence-corrected chi connectivity index (χ2v) is 8.96. The van der Waals surface area contributed by atoms with Crippen LogP contribution in [0.2, 0.25) is 0 Å². The van der Waals surface area contributed by atoms with Crippen LogP contribution in [0.1, 0.15) is 47.4 Å². The SMILES string of the molecule is CC(C)N1CC(C(c2ccccc2)c2cccc(I)c2)n2ncc(=O)c(O)c2C1=O. The molecule has 1 aliphatic heterocycles. The average Bonchev–Trinajstić information content (AvgIpc) is 2.73. The molecule has 6 nitrogen and oxygen atoms in total. The second-order valence-electron chi connectivity index (χ2n) is 7.71. The summed E-state index contributed by atoms with van der Waals surface area (Å²) in [7, 11) is 0. The van der Waals surface area contributed by atoms with Gasteiger partial charge in [-0.05, 0) is 59.7 Å². The molecule has 1 aliphatic rings. The minimum absolute atomic E-state index is 0.0426. The van der Waals surface area contributed by atoms with Crippen molar-refractivity contribution in [3.63, 3.8) is 0 Å². The predicted octanol–water partition coefficient (Wildman–Crippen LogP) is 3.79. The Labute approximate surface area is 188 Å². The van der Waals surface area contributed by atoms with Gasteiger partial charge in [-0.2, -0.15) is 5.10 Å². The van der Waals surface area contributed by atoms with Gasteiger partial charge in [0.1, 0.15) is 0 Å². The highest BCUT2D eigenvalue weighted by molar-refractivity contribution is 14.1. The summed E-state index contributed by atoms with van der Waals surface area (Å²) in [6, 6.07) is 17.9. The van der Waals surface area contributed by atoms with Gasteiger partial charge in [-0.3, -0.25) is 14.3 Å². The topological polar surface area (TPSA) is 75.4 Å². The first kappa shape index (κ1) is 20.6. The number of fused-ring (bicyclic) bond motifs is 1. The van der Waals surface area contributed by atoms with Gasteiger partial charge in [-0.25, -0.2) is 0 Å². The zero-order valence-electron chi connectivity index (χ0n) is 16.7. The lowest BCUT2D eigenvalue weighted by Gasteiger charge is -2.41. The van der Waals surface area contributed by atoms with Gasteiger partial charge >= 0.3 is 0 Å². The number of benzene rings is 2. The maximum atomic E-state index is 13.1. The first-order chi connectivity index (χ1) is 14.4. The van der Waals surface area contributed by atoms with Crippen LogP contribution in [0.25, 0.3) is 0 Å². The Balaban J connectivity index is 1.97. The lowest BCUT2D eigenvalue weighted by atomic mass is 9.83. The van der Waals surface area contributed by atoms with Crippen LogP contribution >= 0.6 is 22.6 Å². The first-order valence-electron chi connectivity index (χ1n) is 9.80. The number of nitrogens with zero attached hydrogens (tertiary/aromatic N) is 3. The molecule has 2 aromatic carbocycles. The average molecular weight is 515 g/mol. The van der Waals surface area contributed by atoms with E-state index in [0.717, 1.165) is 20.9 Å². The molecule has 4 rings (SSSR count). The highest BCUT2D eigenvalue weighted by atomic mass is 127. The quantitative estimate of drug-likeness (QED) is 0.537. The molecule has 1 N–H and O–H groups in total. The number of aromatic hydroxyl groups is 1. The molecule has 0 fully saturated rings. The second kappa shape index (κ2) is 8.22. The molecule has 0 saturated carbocycles. The molecule has 7 heteroatoms. The molecule has 30 heavy (non-hydrogen) atoms. The zero-order chi connectivity index (χ0) is 21.4. The van der Waals surface area contributed by atoms with Gasteiger partial charge in [0.15, 0.2) is 11.4 Å². The lowest BCUT2D eigenvalue weighted by molar-refractivity contribution is 0.0570. The van der Waals surface area contributed by atoms with Crippen LogP contribution in [-0.4, -0.2) is 38.3 Å². The van der Waals surface area contributed by atoms with Crippen molar-refractivity contribution in [2.75, 3.05) is 6.54 Å². The maximum absolute atomic E-state index is 13.1. The van der Waals surface area contributed by atoms with Gasteiger partial charge in [-0.1, -0.05) is 42.5 Å². The minimum atomic E-state index is -0.649. The van der Waals surface area contributed by atoms with E-state index in [-0.39, 0.29) is 29.6 Å². The van der Waals surface area contributed by atoms with Crippen molar-refractivity contribution in [1.82, 2.24) is 14.7 Å². The van der Waals surface area contributed by atoms with Crippen LogP contribution in [0.5, 0.6) is 5.75 Å². The van der Waals surface area contributed by atoms with Crippen LogP contribution in [-0.2, 0) is 0 Å².